The highest BCUT2D eigenvalue weighted by atomic mass is 79.9. The van der Waals surface area contributed by atoms with Crippen LogP contribution in [0.25, 0.3) is 0 Å². The largest absolute Gasteiger partial charge is 0.493 e. The van der Waals surface area contributed by atoms with Crippen molar-refractivity contribution in [2.75, 3.05) is 6.61 Å². The van der Waals surface area contributed by atoms with E-state index in [1.807, 2.05) is 25.1 Å². The average Bonchev–Trinajstić information content (AvgIpc) is 3.08. The zero-order valence-electron chi connectivity index (χ0n) is 16.0. The van der Waals surface area contributed by atoms with E-state index in [9.17, 15) is 0 Å². The molecule has 2 aromatic carbocycles. The first-order valence-electron chi connectivity index (χ1n) is 9.25. The molecule has 0 amide bonds. The molecule has 0 aliphatic carbocycles. The Hall–Kier alpha value is -1.50. The molecule has 0 aliphatic heterocycles. The molecule has 3 aromatic rings. The highest BCUT2D eigenvalue weighted by Crippen LogP contribution is 2.24. The van der Waals surface area contributed by atoms with Gasteiger partial charge in [0.1, 0.15) is 11.6 Å². The van der Waals surface area contributed by atoms with E-state index in [0.29, 0.717) is 6.61 Å². The van der Waals surface area contributed by atoms with Crippen molar-refractivity contribution in [1.29, 1.82) is 0 Å². The number of thioether (sulfide) groups is 1. The number of nitrogens with zero attached hydrogens (tertiary/aromatic N) is 3. The Morgan fingerprint density at radius 2 is 1.93 bits per heavy atom. The fraction of sp³-hybridized carbons (Fsp3) is 0.333. The Bertz CT molecular complexity index is 915. The van der Waals surface area contributed by atoms with Gasteiger partial charge >= 0.3 is 0 Å². The van der Waals surface area contributed by atoms with Crippen LogP contribution in [-0.2, 0) is 18.7 Å². The summed E-state index contributed by atoms with van der Waals surface area (Å²) in [4.78, 5) is 0. The van der Waals surface area contributed by atoms with Gasteiger partial charge in [-0.2, -0.15) is 0 Å². The number of hydrogen-bond acceptors (Lipinski definition) is 4. The molecular weight excluding hydrogens is 458 g/mol. The summed E-state index contributed by atoms with van der Waals surface area (Å²) in [5.41, 5.74) is 2.32. The van der Waals surface area contributed by atoms with Gasteiger partial charge in [-0.05, 0) is 61.7 Å². The molecule has 0 fully saturated rings. The van der Waals surface area contributed by atoms with Crippen molar-refractivity contribution >= 4 is 39.3 Å². The van der Waals surface area contributed by atoms with E-state index in [0.717, 1.165) is 56.9 Å². The summed E-state index contributed by atoms with van der Waals surface area (Å²) in [5, 5.41) is 10.5. The van der Waals surface area contributed by atoms with Gasteiger partial charge < -0.3 is 9.30 Å². The van der Waals surface area contributed by atoms with Gasteiger partial charge in [0.25, 0.3) is 0 Å². The predicted octanol–water partition coefficient (Wildman–Crippen LogP) is 6.33. The second-order valence-electron chi connectivity index (χ2n) is 6.42. The van der Waals surface area contributed by atoms with Gasteiger partial charge in [-0.25, -0.2) is 0 Å². The van der Waals surface area contributed by atoms with Crippen molar-refractivity contribution in [2.45, 2.75) is 44.1 Å². The first-order valence-corrected chi connectivity index (χ1v) is 11.4. The van der Waals surface area contributed by atoms with Gasteiger partial charge in [-0.1, -0.05) is 51.4 Å². The second kappa shape index (κ2) is 10.3. The smallest absolute Gasteiger partial charge is 0.191 e. The third kappa shape index (κ3) is 5.75. The van der Waals surface area contributed by atoms with Crippen molar-refractivity contribution < 1.29 is 4.74 Å². The molecule has 0 aliphatic rings. The van der Waals surface area contributed by atoms with Gasteiger partial charge in [0, 0.05) is 28.2 Å². The van der Waals surface area contributed by atoms with Crippen LogP contribution in [-0.4, -0.2) is 21.4 Å². The van der Waals surface area contributed by atoms with Crippen LogP contribution < -0.4 is 4.74 Å². The fourth-order valence-electron chi connectivity index (χ4n) is 2.84. The number of rotatable bonds is 9. The van der Waals surface area contributed by atoms with Gasteiger partial charge in [0.15, 0.2) is 5.16 Å². The minimum absolute atomic E-state index is 0.639. The lowest BCUT2D eigenvalue weighted by Crippen LogP contribution is -2.06. The lowest BCUT2D eigenvalue weighted by Gasteiger charge is -2.10. The zero-order chi connectivity index (χ0) is 19.9. The third-order valence-corrected chi connectivity index (χ3v) is 6.13. The summed E-state index contributed by atoms with van der Waals surface area (Å²) in [6.45, 7) is 5.64. The lowest BCUT2D eigenvalue weighted by molar-refractivity contribution is 0.307. The summed E-state index contributed by atoms with van der Waals surface area (Å²) in [7, 11) is 0. The molecule has 0 bridgehead atoms. The van der Waals surface area contributed by atoms with Gasteiger partial charge in [-0.3, -0.25) is 0 Å². The molecule has 0 N–H and O–H groups in total. The SMILES string of the molecule is CCn1c(CCCOc2ccc(Cl)cc2C)nnc1SCc1ccc(Br)cc1. The fourth-order valence-corrected chi connectivity index (χ4v) is 4.31. The molecular formula is C21H23BrClN3OS. The van der Waals surface area contributed by atoms with E-state index in [4.69, 9.17) is 16.3 Å². The molecule has 0 radical (unpaired) electrons. The van der Waals surface area contributed by atoms with Crippen LogP contribution in [0.1, 0.15) is 30.3 Å². The van der Waals surface area contributed by atoms with E-state index < -0.39 is 0 Å². The number of aromatic nitrogens is 3. The van der Waals surface area contributed by atoms with Crippen LogP contribution in [0.15, 0.2) is 52.1 Å². The maximum Gasteiger partial charge on any atom is 0.191 e. The van der Waals surface area contributed by atoms with Crippen molar-refractivity contribution in [3.63, 3.8) is 0 Å². The third-order valence-electron chi connectivity index (χ3n) is 4.33. The van der Waals surface area contributed by atoms with Crippen LogP contribution in [0.4, 0.5) is 0 Å². The van der Waals surface area contributed by atoms with Gasteiger partial charge in [0.05, 0.1) is 6.61 Å². The second-order valence-corrected chi connectivity index (χ2v) is 8.71. The molecule has 7 heteroatoms. The Morgan fingerprint density at radius 1 is 1.14 bits per heavy atom. The first kappa shape index (κ1) is 21.2. The molecule has 148 valence electrons. The van der Waals surface area contributed by atoms with Crippen LogP contribution in [0.3, 0.4) is 0 Å². The molecule has 0 unspecified atom stereocenters. The molecule has 1 heterocycles. The van der Waals surface area contributed by atoms with Crippen LogP contribution >= 0.6 is 39.3 Å². The van der Waals surface area contributed by atoms with Crippen LogP contribution in [0.5, 0.6) is 5.75 Å². The zero-order valence-corrected chi connectivity index (χ0v) is 19.1. The molecule has 4 nitrogen and oxygen atoms in total. The Balaban J connectivity index is 1.52. The summed E-state index contributed by atoms with van der Waals surface area (Å²) in [5.74, 6) is 2.77. The number of benzene rings is 2. The minimum atomic E-state index is 0.639. The Labute approximate surface area is 183 Å². The molecule has 0 saturated heterocycles. The standard InChI is InChI=1S/C21H23BrClN3OS/c1-3-26-20(5-4-12-27-19-11-10-18(23)13-15(19)2)24-25-21(26)28-14-16-6-8-17(22)9-7-16/h6-11,13H,3-5,12,14H2,1-2H3. The quantitative estimate of drug-likeness (QED) is 0.265. The maximum atomic E-state index is 5.99. The topological polar surface area (TPSA) is 39.9 Å². The van der Waals surface area contributed by atoms with Crippen LogP contribution in [0, 0.1) is 6.92 Å². The van der Waals surface area contributed by atoms with Gasteiger partial charge in [0.2, 0.25) is 0 Å². The number of aryl methyl sites for hydroxylation is 2. The van der Waals surface area contributed by atoms with E-state index in [1.54, 1.807) is 11.8 Å². The minimum Gasteiger partial charge on any atom is -0.493 e. The maximum absolute atomic E-state index is 5.99. The molecule has 1 aromatic heterocycles. The number of ether oxygens (including phenoxy) is 1. The molecule has 0 spiro atoms. The molecule has 3 rings (SSSR count). The Kier molecular flexibility index (Phi) is 7.82. The average molecular weight is 481 g/mol. The van der Waals surface area contributed by atoms with Crippen LogP contribution in [0.2, 0.25) is 5.02 Å². The summed E-state index contributed by atoms with van der Waals surface area (Å²) in [6.07, 6.45) is 1.73. The highest BCUT2D eigenvalue weighted by molar-refractivity contribution is 9.10. The summed E-state index contributed by atoms with van der Waals surface area (Å²) in [6, 6.07) is 14.1. The first-order chi connectivity index (χ1) is 13.6. The predicted molar refractivity (Wildman–Crippen MR) is 119 cm³/mol. The van der Waals surface area contributed by atoms with E-state index in [-0.39, 0.29) is 0 Å². The van der Waals surface area contributed by atoms with Crippen molar-refractivity contribution in [2.24, 2.45) is 0 Å². The summed E-state index contributed by atoms with van der Waals surface area (Å²) >= 11 is 11.2. The molecule has 0 saturated carbocycles. The summed E-state index contributed by atoms with van der Waals surface area (Å²) < 4.78 is 9.17. The highest BCUT2D eigenvalue weighted by Gasteiger charge is 2.11. The Morgan fingerprint density at radius 3 is 2.64 bits per heavy atom. The van der Waals surface area contributed by atoms with Gasteiger partial charge in [-0.15, -0.1) is 10.2 Å². The number of halogens is 2. The van der Waals surface area contributed by atoms with Crippen molar-refractivity contribution in [3.8, 4) is 5.75 Å². The van der Waals surface area contributed by atoms with E-state index in [2.05, 4.69) is 61.9 Å². The van der Waals surface area contributed by atoms with Crippen molar-refractivity contribution in [3.05, 3.63) is 68.9 Å². The normalized spacial score (nSPS) is 11.0. The van der Waals surface area contributed by atoms with Crippen molar-refractivity contribution in [1.82, 2.24) is 14.8 Å². The van der Waals surface area contributed by atoms with E-state index >= 15 is 0 Å². The monoisotopic (exact) mass is 479 g/mol. The molecule has 0 atom stereocenters. The van der Waals surface area contributed by atoms with E-state index in [1.165, 1.54) is 5.56 Å². The molecule has 28 heavy (non-hydrogen) atoms. The number of hydrogen-bond donors (Lipinski definition) is 0. The lowest BCUT2D eigenvalue weighted by atomic mass is 10.2.